The van der Waals surface area contributed by atoms with Gasteiger partial charge in [0.2, 0.25) is 0 Å². The minimum absolute atomic E-state index is 1.16. The molecule has 0 aliphatic heterocycles. The lowest BCUT2D eigenvalue weighted by atomic mass is 9.91. The molecule has 0 atom stereocenters. The maximum atomic E-state index is 2.31. The van der Waals surface area contributed by atoms with Gasteiger partial charge in [-0.25, -0.2) is 0 Å². The zero-order valence-electron chi connectivity index (χ0n) is 34.4. The highest BCUT2D eigenvalue weighted by atomic mass is 14.2. The Bertz CT molecular complexity index is 3050. The first-order valence-electron chi connectivity index (χ1n) is 21.3. The van der Waals surface area contributed by atoms with Gasteiger partial charge < -0.3 is 0 Å². The Morgan fingerprint density at radius 3 is 1.00 bits per heavy atom. The average Bonchev–Trinajstić information content (AvgIpc) is 3.35. The van der Waals surface area contributed by atoms with Crippen LogP contribution in [0, 0.1) is 0 Å². The fourth-order valence-corrected chi connectivity index (χ4v) is 8.54. The van der Waals surface area contributed by atoms with Gasteiger partial charge >= 0.3 is 0 Å². The van der Waals surface area contributed by atoms with Gasteiger partial charge in [0.05, 0.1) is 0 Å². The third-order valence-electron chi connectivity index (χ3n) is 11.7. The van der Waals surface area contributed by atoms with Crippen LogP contribution in [0.5, 0.6) is 0 Å². The fourth-order valence-electron chi connectivity index (χ4n) is 8.54. The Hall–Kier alpha value is -8.06. The van der Waals surface area contributed by atoms with Crippen molar-refractivity contribution >= 4 is 79.9 Å². The highest BCUT2D eigenvalue weighted by Crippen LogP contribution is 2.34. The van der Waals surface area contributed by atoms with E-state index in [4.69, 9.17) is 0 Å². The van der Waals surface area contributed by atoms with E-state index in [1.165, 1.54) is 88.0 Å². The van der Waals surface area contributed by atoms with Gasteiger partial charge in [0.1, 0.15) is 0 Å². The Kier molecular flexibility index (Phi) is 10.9. The van der Waals surface area contributed by atoms with Crippen molar-refractivity contribution in [2.24, 2.45) is 0 Å². The van der Waals surface area contributed by atoms with E-state index in [0.29, 0.717) is 0 Å². The summed E-state index contributed by atoms with van der Waals surface area (Å²) in [5, 5.41) is 7.46. The summed E-state index contributed by atoms with van der Waals surface area (Å²) in [6.07, 6.45) is 13.5. The van der Waals surface area contributed by atoms with Crippen molar-refractivity contribution in [3.05, 3.63) is 286 Å². The van der Waals surface area contributed by atoms with Crippen molar-refractivity contribution in [1.82, 2.24) is 0 Å². The van der Waals surface area contributed by atoms with Crippen LogP contribution in [0.2, 0.25) is 0 Å². The van der Waals surface area contributed by atoms with E-state index in [1.807, 2.05) is 0 Å². The topological polar surface area (TPSA) is 0 Å². The second kappa shape index (κ2) is 17.7. The molecule has 0 spiro atoms. The minimum atomic E-state index is 1.16. The normalized spacial score (nSPS) is 12.3. The molecule has 0 heterocycles. The second-order valence-corrected chi connectivity index (χ2v) is 15.7. The van der Waals surface area contributed by atoms with Gasteiger partial charge in [-0.05, 0) is 111 Å². The van der Waals surface area contributed by atoms with Crippen LogP contribution in [0.25, 0.3) is 79.9 Å². The highest BCUT2D eigenvalue weighted by molar-refractivity contribution is 6.04. The van der Waals surface area contributed by atoms with Crippen LogP contribution in [0.15, 0.2) is 231 Å². The van der Waals surface area contributed by atoms with Crippen LogP contribution in [0.3, 0.4) is 0 Å². The molecule has 0 nitrogen and oxygen atoms in total. The van der Waals surface area contributed by atoms with Crippen molar-refractivity contribution in [1.29, 1.82) is 0 Å². The summed E-state index contributed by atoms with van der Waals surface area (Å²) in [7, 11) is 0. The van der Waals surface area contributed by atoms with Crippen molar-refractivity contribution in [3.8, 4) is 0 Å². The Labute approximate surface area is 364 Å². The van der Waals surface area contributed by atoms with Gasteiger partial charge in [-0.1, -0.05) is 255 Å². The molecule has 10 aromatic carbocycles. The molecule has 0 amide bonds. The molecule has 0 aromatic heterocycles. The zero-order chi connectivity index (χ0) is 41.5. The lowest BCUT2D eigenvalue weighted by molar-refractivity contribution is 1.57. The molecular formula is C62H44. The maximum absolute atomic E-state index is 2.31. The summed E-state index contributed by atoms with van der Waals surface area (Å²) < 4.78 is 0. The van der Waals surface area contributed by atoms with Gasteiger partial charge in [0.15, 0.2) is 0 Å². The number of hydrogen-bond donors (Lipinski definition) is 0. The van der Waals surface area contributed by atoms with E-state index in [-0.39, 0.29) is 0 Å². The predicted molar refractivity (Wildman–Crippen MR) is 269 cm³/mol. The quantitative estimate of drug-likeness (QED) is 0.121. The standard InChI is InChI=1S/C62H44/c1-3-15-51(16-4-1)61(59-27-13-21-49-19-7-9-25-57(49)59)43-47-33-29-45(30-34-47)37-39-53-41-42-54(56-24-12-11-23-55(53)56)40-38-46-31-35-48(36-32-46)44-62(52-17-5-2-6-18-52)60-28-14-22-50-20-8-10-26-58(50)60/h1-44H/b39-37+,40-38+,61-43+,62-44+. The third kappa shape index (κ3) is 8.23. The smallest absolute Gasteiger partial charge is 0.00992 e. The van der Waals surface area contributed by atoms with Gasteiger partial charge in [-0.3, -0.25) is 0 Å². The van der Waals surface area contributed by atoms with E-state index in [2.05, 4.69) is 267 Å². The molecule has 10 rings (SSSR count). The molecule has 0 saturated heterocycles. The summed E-state index contributed by atoms with van der Waals surface area (Å²) in [4.78, 5) is 0. The molecule has 10 aromatic rings. The Morgan fingerprint density at radius 2 is 0.581 bits per heavy atom. The fraction of sp³-hybridized carbons (Fsp3) is 0. The molecule has 0 bridgehead atoms. The Morgan fingerprint density at radius 1 is 0.242 bits per heavy atom. The first-order valence-corrected chi connectivity index (χ1v) is 21.3. The molecule has 0 heteroatoms. The molecule has 0 aliphatic carbocycles. The maximum Gasteiger partial charge on any atom is -0.00992 e. The summed E-state index contributed by atoms with van der Waals surface area (Å²) >= 11 is 0. The van der Waals surface area contributed by atoms with Crippen LogP contribution in [-0.2, 0) is 0 Å². The first kappa shape index (κ1) is 38.2. The number of fused-ring (bicyclic) bond motifs is 3. The molecule has 0 radical (unpaired) electrons. The lowest BCUT2D eigenvalue weighted by Gasteiger charge is -2.12. The monoisotopic (exact) mass is 788 g/mol. The van der Waals surface area contributed by atoms with Crippen molar-refractivity contribution in [2.75, 3.05) is 0 Å². The molecule has 0 fully saturated rings. The summed E-state index contributed by atoms with van der Waals surface area (Å²) in [6.45, 7) is 0. The number of hydrogen-bond acceptors (Lipinski definition) is 0. The summed E-state index contributed by atoms with van der Waals surface area (Å²) in [5.74, 6) is 0. The van der Waals surface area contributed by atoms with Crippen LogP contribution in [-0.4, -0.2) is 0 Å². The van der Waals surface area contributed by atoms with Crippen LogP contribution in [0.4, 0.5) is 0 Å². The number of benzene rings is 10. The molecule has 0 aliphatic rings. The summed E-state index contributed by atoms with van der Waals surface area (Å²) in [5.41, 5.74) is 14.3. The van der Waals surface area contributed by atoms with Gasteiger partial charge in [0.25, 0.3) is 0 Å². The van der Waals surface area contributed by atoms with Crippen molar-refractivity contribution in [3.63, 3.8) is 0 Å². The molecule has 0 N–H and O–H groups in total. The van der Waals surface area contributed by atoms with E-state index < -0.39 is 0 Å². The van der Waals surface area contributed by atoms with E-state index in [1.54, 1.807) is 0 Å². The summed E-state index contributed by atoms with van der Waals surface area (Å²) in [6, 6.07) is 82.7. The zero-order valence-corrected chi connectivity index (χ0v) is 34.4. The van der Waals surface area contributed by atoms with Gasteiger partial charge in [0, 0.05) is 0 Å². The van der Waals surface area contributed by atoms with E-state index in [9.17, 15) is 0 Å². The van der Waals surface area contributed by atoms with Crippen molar-refractivity contribution in [2.45, 2.75) is 0 Å². The predicted octanol–water partition coefficient (Wildman–Crippen LogP) is 16.7. The highest BCUT2D eigenvalue weighted by Gasteiger charge is 2.11. The van der Waals surface area contributed by atoms with Gasteiger partial charge in [-0.15, -0.1) is 0 Å². The average molecular weight is 789 g/mol. The van der Waals surface area contributed by atoms with Crippen molar-refractivity contribution < 1.29 is 0 Å². The van der Waals surface area contributed by atoms with E-state index in [0.717, 1.165) is 11.1 Å². The molecule has 0 unspecified atom stereocenters. The molecule has 62 heavy (non-hydrogen) atoms. The van der Waals surface area contributed by atoms with Crippen LogP contribution in [0.1, 0.15) is 55.6 Å². The first-order chi connectivity index (χ1) is 30.7. The molecular weight excluding hydrogens is 745 g/mol. The van der Waals surface area contributed by atoms with Gasteiger partial charge in [-0.2, -0.15) is 0 Å². The third-order valence-corrected chi connectivity index (χ3v) is 11.7. The van der Waals surface area contributed by atoms with E-state index >= 15 is 0 Å². The lowest BCUT2D eigenvalue weighted by Crippen LogP contribution is -1.90. The minimum Gasteiger partial charge on any atom is -0.0622 e. The van der Waals surface area contributed by atoms with Crippen LogP contribution < -0.4 is 0 Å². The van der Waals surface area contributed by atoms with Crippen LogP contribution >= 0.6 is 0 Å². The largest absolute Gasteiger partial charge is 0.0622 e. The second-order valence-electron chi connectivity index (χ2n) is 15.7. The molecule has 0 saturated carbocycles. The Balaban J connectivity index is 0.892. The molecule has 292 valence electrons. The SMILES string of the molecule is C(=C\c1ccc(/C=C/c2ccc(/C=C(\c3ccccc3)c3cccc4ccccc34)cc2)c2ccccc12)/c1ccc(/C=C(\c2ccccc2)c2cccc3ccccc23)cc1. The number of rotatable bonds is 10.